The van der Waals surface area contributed by atoms with Gasteiger partial charge in [-0.2, -0.15) is 0 Å². The summed E-state index contributed by atoms with van der Waals surface area (Å²) in [5.74, 6) is 0.493. The summed E-state index contributed by atoms with van der Waals surface area (Å²) < 4.78 is 5.09. The third-order valence-electron chi connectivity index (χ3n) is 4.26. The number of piperidine rings is 1. The van der Waals surface area contributed by atoms with Gasteiger partial charge in [-0.3, -0.25) is 9.59 Å². The van der Waals surface area contributed by atoms with Crippen LogP contribution in [0.3, 0.4) is 0 Å². The van der Waals surface area contributed by atoms with Crippen molar-refractivity contribution in [3.63, 3.8) is 0 Å². The zero-order valence-electron chi connectivity index (χ0n) is 13.6. The molecule has 0 saturated carbocycles. The van der Waals surface area contributed by atoms with E-state index < -0.39 is 0 Å². The Hall–Kier alpha value is -2.12. The summed E-state index contributed by atoms with van der Waals surface area (Å²) in [6, 6.07) is 5.02. The number of carbonyl (C=O) groups excluding carboxylic acids is 2. The van der Waals surface area contributed by atoms with E-state index >= 15 is 0 Å². The van der Waals surface area contributed by atoms with E-state index in [1.54, 1.807) is 18.2 Å². The van der Waals surface area contributed by atoms with Gasteiger partial charge in [-0.05, 0) is 55.9 Å². The summed E-state index contributed by atoms with van der Waals surface area (Å²) in [6.45, 7) is 2.50. The second-order valence-corrected chi connectivity index (χ2v) is 6.80. The molecule has 0 radical (unpaired) electrons. The fourth-order valence-electron chi connectivity index (χ4n) is 2.95. The predicted octanol–water partition coefficient (Wildman–Crippen LogP) is 2.67. The molecule has 2 N–H and O–H groups in total. The average Bonchev–Trinajstić information content (AvgIpc) is 3.27. The Morgan fingerprint density at radius 2 is 2.12 bits per heavy atom. The van der Waals surface area contributed by atoms with Crippen LogP contribution in [0.1, 0.15) is 33.8 Å². The van der Waals surface area contributed by atoms with Gasteiger partial charge in [0.2, 0.25) is 0 Å². The number of furan rings is 1. The molecule has 2 aromatic heterocycles. The van der Waals surface area contributed by atoms with Crippen molar-refractivity contribution in [1.82, 2.24) is 10.2 Å². The van der Waals surface area contributed by atoms with Gasteiger partial charge in [0.1, 0.15) is 5.00 Å². The van der Waals surface area contributed by atoms with Crippen LogP contribution in [0.15, 0.2) is 34.3 Å². The number of anilines is 1. The number of hydrogen-bond acceptors (Lipinski definition) is 5. The van der Waals surface area contributed by atoms with Gasteiger partial charge in [0, 0.05) is 13.1 Å². The van der Waals surface area contributed by atoms with Crippen molar-refractivity contribution in [2.75, 3.05) is 32.0 Å². The molecule has 7 heteroatoms. The van der Waals surface area contributed by atoms with Crippen molar-refractivity contribution >= 4 is 28.2 Å². The van der Waals surface area contributed by atoms with Gasteiger partial charge >= 0.3 is 0 Å². The van der Waals surface area contributed by atoms with Crippen molar-refractivity contribution in [1.29, 1.82) is 0 Å². The maximum Gasteiger partial charge on any atom is 0.291 e. The predicted molar refractivity (Wildman–Crippen MR) is 93.5 cm³/mol. The lowest BCUT2D eigenvalue weighted by molar-refractivity contribution is 0.0692. The first-order valence-corrected chi connectivity index (χ1v) is 8.93. The van der Waals surface area contributed by atoms with Gasteiger partial charge in [0.15, 0.2) is 5.76 Å². The van der Waals surface area contributed by atoms with Crippen LogP contribution < -0.4 is 10.6 Å². The molecule has 2 aromatic rings. The van der Waals surface area contributed by atoms with E-state index in [9.17, 15) is 9.59 Å². The highest BCUT2D eigenvalue weighted by atomic mass is 32.1. The number of nitrogens with one attached hydrogen (secondary N) is 2. The van der Waals surface area contributed by atoms with Crippen LogP contribution in [0.5, 0.6) is 0 Å². The van der Waals surface area contributed by atoms with E-state index in [-0.39, 0.29) is 17.6 Å². The Morgan fingerprint density at radius 1 is 1.33 bits per heavy atom. The molecule has 2 amide bonds. The normalized spacial score (nSPS) is 15.5. The smallest absolute Gasteiger partial charge is 0.291 e. The lowest BCUT2D eigenvalue weighted by atomic mass is 9.96. The Kier molecular flexibility index (Phi) is 5.32. The molecule has 1 saturated heterocycles. The number of amides is 2. The fourth-order valence-corrected chi connectivity index (χ4v) is 3.72. The minimum atomic E-state index is -0.343. The average molecular weight is 347 g/mol. The van der Waals surface area contributed by atoms with E-state index in [0.717, 1.165) is 32.5 Å². The number of nitrogens with zero attached hydrogens (tertiary/aromatic N) is 1. The summed E-state index contributed by atoms with van der Waals surface area (Å²) in [5.41, 5.74) is 0.548. The zero-order valence-corrected chi connectivity index (χ0v) is 14.4. The highest BCUT2D eigenvalue weighted by molar-refractivity contribution is 7.14. The molecule has 24 heavy (non-hydrogen) atoms. The first-order chi connectivity index (χ1) is 11.7. The highest BCUT2D eigenvalue weighted by Crippen LogP contribution is 2.27. The van der Waals surface area contributed by atoms with E-state index in [4.69, 9.17) is 4.42 Å². The lowest BCUT2D eigenvalue weighted by Crippen LogP contribution is -2.40. The van der Waals surface area contributed by atoms with E-state index in [1.807, 2.05) is 17.3 Å². The second-order valence-electron chi connectivity index (χ2n) is 5.89. The SMILES string of the molecule is CNCC1CCN(C(=O)c2ccsc2NC(=O)c2ccco2)CC1. The van der Waals surface area contributed by atoms with Crippen molar-refractivity contribution in [3.8, 4) is 0 Å². The van der Waals surface area contributed by atoms with E-state index in [0.29, 0.717) is 16.5 Å². The molecule has 1 aliphatic heterocycles. The lowest BCUT2D eigenvalue weighted by Gasteiger charge is -2.32. The molecule has 6 nitrogen and oxygen atoms in total. The molecular weight excluding hydrogens is 326 g/mol. The molecule has 0 spiro atoms. The molecule has 128 valence electrons. The van der Waals surface area contributed by atoms with Crippen LogP contribution in [0, 0.1) is 5.92 Å². The Morgan fingerprint density at radius 3 is 2.79 bits per heavy atom. The molecule has 0 aromatic carbocycles. The van der Waals surface area contributed by atoms with Crippen LogP contribution in [-0.4, -0.2) is 43.4 Å². The number of likely N-dealkylation sites (tertiary alicyclic amines) is 1. The van der Waals surface area contributed by atoms with Gasteiger partial charge in [-0.1, -0.05) is 0 Å². The van der Waals surface area contributed by atoms with Gasteiger partial charge in [-0.15, -0.1) is 11.3 Å². The third kappa shape index (κ3) is 3.68. The van der Waals surface area contributed by atoms with Crippen LogP contribution in [0.2, 0.25) is 0 Å². The highest BCUT2D eigenvalue weighted by Gasteiger charge is 2.26. The van der Waals surface area contributed by atoms with Gasteiger partial charge < -0.3 is 20.0 Å². The summed E-state index contributed by atoms with van der Waals surface area (Å²) >= 11 is 1.35. The molecule has 3 rings (SSSR count). The van der Waals surface area contributed by atoms with Crippen molar-refractivity contribution in [3.05, 3.63) is 41.2 Å². The molecular formula is C17H21N3O3S. The molecule has 1 fully saturated rings. The van der Waals surface area contributed by atoms with E-state index in [1.165, 1.54) is 17.6 Å². The van der Waals surface area contributed by atoms with E-state index in [2.05, 4.69) is 10.6 Å². The topological polar surface area (TPSA) is 74.6 Å². The Labute approximate surface area is 144 Å². The summed E-state index contributed by atoms with van der Waals surface area (Å²) in [4.78, 5) is 26.7. The monoisotopic (exact) mass is 347 g/mol. The van der Waals surface area contributed by atoms with Crippen molar-refractivity contribution < 1.29 is 14.0 Å². The quantitative estimate of drug-likeness (QED) is 0.872. The maximum absolute atomic E-state index is 12.8. The van der Waals surface area contributed by atoms with Gasteiger partial charge in [-0.25, -0.2) is 0 Å². The second kappa shape index (κ2) is 7.63. The summed E-state index contributed by atoms with van der Waals surface area (Å²) in [6.07, 6.45) is 3.46. The molecule has 0 aliphatic carbocycles. The maximum atomic E-state index is 12.8. The summed E-state index contributed by atoms with van der Waals surface area (Å²) in [5, 5.41) is 8.35. The number of rotatable bonds is 5. The Bertz CT molecular complexity index is 688. The molecule has 1 aliphatic rings. The molecule has 0 bridgehead atoms. The minimum Gasteiger partial charge on any atom is -0.459 e. The van der Waals surface area contributed by atoms with Crippen molar-refractivity contribution in [2.45, 2.75) is 12.8 Å². The molecule has 0 unspecified atom stereocenters. The fraction of sp³-hybridized carbons (Fsp3) is 0.412. The third-order valence-corrected chi connectivity index (χ3v) is 5.09. The first kappa shape index (κ1) is 16.7. The zero-order chi connectivity index (χ0) is 16.9. The van der Waals surface area contributed by atoms with Crippen molar-refractivity contribution in [2.24, 2.45) is 5.92 Å². The standard InChI is InChI=1S/C17H21N3O3S/c1-18-11-12-4-7-20(8-5-12)17(22)13-6-10-24-16(13)19-15(21)14-3-2-9-23-14/h2-3,6,9-10,12,18H,4-5,7-8,11H2,1H3,(H,19,21). The minimum absolute atomic E-state index is 0.0195. The van der Waals surface area contributed by atoms with Gasteiger partial charge in [0.25, 0.3) is 11.8 Å². The Balaban J connectivity index is 1.64. The van der Waals surface area contributed by atoms with Crippen LogP contribution >= 0.6 is 11.3 Å². The van der Waals surface area contributed by atoms with Gasteiger partial charge in [0.05, 0.1) is 11.8 Å². The number of carbonyl (C=O) groups is 2. The number of thiophene rings is 1. The number of hydrogen-bond donors (Lipinski definition) is 2. The van der Waals surface area contributed by atoms with Crippen LogP contribution in [0.4, 0.5) is 5.00 Å². The van der Waals surface area contributed by atoms with Crippen LogP contribution in [0.25, 0.3) is 0 Å². The largest absolute Gasteiger partial charge is 0.459 e. The molecule has 0 atom stereocenters. The summed E-state index contributed by atoms with van der Waals surface area (Å²) in [7, 11) is 1.96. The molecule has 3 heterocycles. The first-order valence-electron chi connectivity index (χ1n) is 8.05. The van der Waals surface area contributed by atoms with Crippen LogP contribution in [-0.2, 0) is 0 Å².